The Balaban J connectivity index is 0.000000241. The van der Waals surface area contributed by atoms with Gasteiger partial charge in [-0.25, -0.2) is 0 Å². The van der Waals surface area contributed by atoms with Crippen LogP contribution in [-0.4, -0.2) is 59.2 Å². The van der Waals surface area contributed by atoms with Crippen LogP contribution < -0.4 is 69.3 Å². The molecule has 0 radical (unpaired) electrons. The second-order valence-corrected chi connectivity index (χ2v) is 5.27. The van der Waals surface area contributed by atoms with Gasteiger partial charge in [-0.05, 0) is 12.2 Å². The van der Waals surface area contributed by atoms with Crippen molar-refractivity contribution in [3.8, 4) is 0 Å². The Kier molecular flexibility index (Phi) is 8.49. The number of rotatable bonds is 2. The van der Waals surface area contributed by atoms with Crippen LogP contribution in [0.15, 0.2) is 23.5 Å². The fourth-order valence-electron chi connectivity index (χ4n) is 2.66. The molecule has 26 heavy (non-hydrogen) atoms. The summed E-state index contributed by atoms with van der Waals surface area (Å²) < 4.78 is 10.1. The van der Waals surface area contributed by atoms with Crippen molar-refractivity contribution in [1.82, 2.24) is 9.80 Å². The van der Waals surface area contributed by atoms with Crippen LogP contribution in [0.4, 0.5) is 0 Å². The van der Waals surface area contributed by atoms with Gasteiger partial charge in [0.1, 0.15) is 12.5 Å². The summed E-state index contributed by atoms with van der Waals surface area (Å²) >= 11 is 0. The smallest absolute Gasteiger partial charge is 0.543 e. The van der Waals surface area contributed by atoms with Gasteiger partial charge in [0.05, 0.1) is 49.4 Å². The van der Waals surface area contributed by atoms with Crippen molar-refractivity contribution in [3.63, 3.8) is 0 Å². The van der Waals surface area contributed by atoms with E-state index in [-0.39, 0.29) is 121 Å². The van der Waals surface area contributed by atoms with Crippen LogP contribution in [0.1, 0.15) is 12.8 Å². The van der Waals surface area contributed by atoms with E-state index in [2.05, 4.69) is 0 Å². The average molecular weight is 382 g/mol. The molecule has 0 N–H and O–H groups in total. The summed E-state index contributed by atoms with van der Waals surface area (Å²) in [5.41, 5.74) is -0.134. The van der Waals surface area contributed by atoms with E-state index in [9.17, 15) is 29.4 Å². The van der Waals surface area contributed by atoms with Crippen LogP contribution in [-0.2, 0) is 28.7 Å². The van der Waals surface area contributed by atoms with Crippen LogP contribution >= 0.6 is 0 Å². The Hall–Kier alpha value is -0.720. The number of β-lactam (4-membered cyclic amide) rings is 2. The summed E-state index contributed by atoms with van der Waals surface area (Å²) in [5, 5.41) is 20.9. The Bertz CT molecular complexity index is 634. The molecule has 2 saturated heterocycles. The normalized spacial score (nSPS) is 25.2. The first kappa shape index (κ1) is 23.3. The van der Waals surface area contributed by atoms with E-state index in [0.717, 1.165) is 9.80 Å². The molecule has 4 heterocycles. The van der Waals surface area contributed by atoms with E-state index >= 15 is 0 Å². The van der Waals surface area contributed by atoms with Crippen LogP contribution in [0.2, 0.25) is 0 Å². The summed E-state index contributed by atoms with van der Waals surface area (Å²) in [6, 6.07) is 0. The predicted octanol–water partition coefficient (Wildman–Crippen LogP) is -9.57. The number of carboxylic acids is 2. The monoisotopic (exact) mass is 382 g/mol. The topological polar surface area (TPSA) is 139 Å². The average Bonchev–Trinajstić information content (AvgIpc) is 2.52. The molecule has 128 valence electrons. The molecule has 4 rings (SSSR count). The number of aliphatic carboxylic acids is 2. The van der Waals surface area contributed by atoms with Gasteiger partial charge in [-0.3, -0.25) is 19.4 Å². The molecule has 0 spiro atoms. The summed E-state index contributed by atoms with van der Waals surface area (Å²) in [7, 11) is 0. The number of nitrogens with zero attached hydrogens (tertiary/aromatic N) is 2. The standard InChI is InChI=1S/2C7H7NO4.2Na/c2*9-5-3-6-8(5)4(7(10)11)1-2-12-6;;/h2*1,6H,2-3H2,(H,10,11);;/q;;2*+1/p-2. The summed E-state index contributed by atoms with van der Waals surface area (Å²) in [6.07, 6.45) is 2.45. The molecule has 2 unspecified atom stereocenters. The van der Waals surface area contributed by atoms with Crippen LogP contribution in [0, 0.1) is 0 Å². The zero-order valence-electron chi connectivity index (χ0n) is 14.3. The zero-order valence-corrected chi connectivity index (χ0v) is 18.3. The third-order valence-corrected chi connectivity index (χ3v) is 3.88. The molecule has 4 aliphatic rings. The first-order chi connectivity index (χ1) is 11.4. The molecular weight excluding hydrogens is 370 g/mol. The van der Waals surface area contributed by atoms with Gasteiger partial charge in [-0.15, -0.1) is 0 Å². The van der Waals surface area contributed by atoms with Gasteiger partial charge >= 0.3 is 59.1 Å². The van der Waals surface area contributed by atoms with Crippen molar-refractivity contribution < 1.29 is 98.0 Å². The summed E-state index contributed by atoms with van der Waals surface area (Å²) in [5.74, 6) is -3.10. The number of fused-ring (bicyclic) bond motifs is 2. The maximum atomic E-state index is 10.9. The molecule has 0 bridgehead atoms. The largest absolute Gasteiger partial charge is 1.00 e. The van der Waals surface area contributed by atoms with E-state index in [1.165, 1.54) is 12.2 Å². The molecule has 0 saturated carbocycles. The molecule has 2 atom stereocenters. The van der Waals surface area contributed by atoms with Gasteiger partial charge in [0.15, 0.2) is 0 Å². The minimum Gasteiger partial charge on any atom is -0.543 e. The van der Waals surface area contributed by atoms with E-state index in [1.54, 1.807) is 0 Å². The van der Waals surface area contributed by atoms with Crippen LogP contribution in [0.3, 0.4) is 0 Å². The van der Waals surface area contributed by atoms with E-state index < -0.39 is 11.9 Å². The molecule has 0 aromatic rings. The van der Waals surface area contributed by atoms with Gasteiger partial charge in [-0.1, -0.05) is 0 Å². The van der Waals surface area contributed by atoms with Crippen molar-refractivity contribution >= 4 is 23.8 Å². The first-order valence-corrected chi connectivity index (χ1v) is 7.10. The maximum Gasteiger partial charge on any atom is 1.00 e. The van der Waals surface area contributed by atoms with Crippen LogP contribution in [0.5, 0.6) is 0 Å². The SMILES string of the molecule is O=C([O-])C1=CCOC2CC(=O)N12.O=C([O-])C1=CCOC2CC(=O)N12.[Na+].[Na+]. The van der Waals surface area contributed by atoms with Gasteiger partial charge in [0.25, 0.3) is 0 Å². The van der Waals surface area contributed by atoms with Gasteiger partial charge in [0.2, 0.25) is 11.8 Å². The van der Waals surface area contributed by atoms with Crippen molar-refractivity contribution in [2.24, 2.45) is 0 Å². The van der Waals surface area contributed by atoms with Gasteiger partial charge in [0, 0.05) is 0 Å². The number of hydrogen-bond donors (Lipinski definition) is 0. The third-order valence-electron chi connectivity index (χ3n) is 3.88. The molecule has 2 fully saturated rings. The second-order valence-electron chi connectivity index (χ2n) is 5.27. The second kappa shape index (κ2) is 9.47. The van der Waals surface area contributed by atoms with Crippen molar-refractivity contribution in [1.29, 1.82) is 0 Å². The molecular formula is C14H12N2Na2O8. The van der Waals surface area contributed by atoms with Gasteiger partial charge < -0.3 is 29.3 Å². The van der Waals surface area contributed by atoms with E-state index in [4.69, 9.17) is 9.47 Å². The molecule has 10 nitrogen and oxygen atoms in total. The number of carboxylic acid groups (broad SMARTS) is 2. The molecule has 0 aliphatic carbocycles. The zero-order chi connectivity index (χ0) is 17.4. The fraction of sp³-hybridized carbons (Fsp3) is 0.429. The first-order valence-electron chi connectivity index (χ1n) is 7.10. The van der Waals surface area contributed by atoms with Crippen LogP contribution in [0.25, 0.3) is 0 Å². The number of carbonyl (C=O) groups is 4. The summed E-state index contributed by atoms with van der Waals surface area (Å²) in [4.78, 5) is 44.9. The molecule has 0 aromatic carbocycles. The molecule has 0 aromatic heterocycles. The molecule has 12 heteroatoms. The van der Waals surface area contributed by atoms with Crippen molar-refractivity contribution in [3.05, 3.63) is 23.5 Å². The predicted molar refractivity (Wildman–Crippen MR) is 68.6 cm³/mol. The number of hydrogen-bond acceptors (Lipinski definition) is 8. The number of ether oxygens (including phenoxy) is 2. The minimum absolute atomic E-state index is 0. The maximum absolute atomic E-state index is 10.9. The van der Waals surface area contributed by atoms with Crippen molar-refractivity contribution in [2.75, 3.05) is 13.2 Å². The minimum atomic E-state index is -1.32. The quantitative estimate of drug-likeness (QED) is 0.339. The molecule has 4 aliphatic heterocycles. The Labute approximate surface area is 192 Å². The fourth-order valence-corrected chi connectivity index (χ4v) is 2.66. The molecule has 2 amide bonds. The Morgan fingerprint density at radius 1 is 0.846 bits per heavy atom. The van der Waals surface area contributed by atoms with E-state index in [0.29, 0.717) is 0 Å². The summed E-state index contributed by atoms with van der Waals surface area (Å²) in [6.45, 7) is 0.468. The Morgan fingerprint density at radius 2 is 1.19 bits per heavy atom. The number of carbonyl (C=O) groups excluding carboxylic acids is 4. The Morgan fingerprint density at radius 3 is 1.42 bits per heavy atom. The number of amides is 2. The van der Waals surface area contributed by atoms with Crippen molar-refractivity contribution in [2.45, 2.75) is 25.3 Å². The van der Waals surface area contributed by atoms with E-state index in [1.807, 2.05) is 0 Å². The third kappa shape index (κ3) is 4.39. The van der Waals surface area contributed by atoms with Gasteiger partial charge in [-0.2, -0.15) is 0 Å².